The average molecular weight is 272 g/mol. The van der Waals surface area contributed by atoms with Gasteiger partial charge >= 0.3 is 0 Å². The van der Waals surface area contributed by atoms with Crippen molar-refractivity contribution in [3.8, 4) is 5.75 Å². The predicted octanol–water partition coefficient (Wildman–Crippen LogP) is 2.02. The third kappa shape index (κ3) is 2.95. The Kier molecular flexibility index (Phi) is 4.83. The molecule has 100 valence electrons. The lowest BCUT2D eigenvalue weighted by atomic mass is 10.0. The minimum Gasteiger partial charge on any atom is -0.497 e. The number of nitrogens with one attached hydrogen (secondary N) is 1. The summed E-state index contributed by atoms with van der Waals surface area (Å²) in [6.45, 7) is 1.85. The number of rotatable bonds is 4. The molecule has 1 aliphatic rings. The van der Waals surface area contributed by atoms with Crippen LogP contribution in [0.4, 0.5) is 0 Å². The smallest absolute Gasteiger partial charge is 0.120 e. The number of benzene rings is 1. The highest BCUT2D eigenvalue weighted by molar-refractivity contribution is 6.31. The van der Waals surface area contributed by atoms with Gasteiger partial charge in [-0.1, -0.05) is 17.7 Å². The van der Waals surface area contributed by atoms with Gasteiger partial charge in [0.25, 0.3) is 0 Å². The Hall–Kier alpha value is -0.810. The van der Waals surface area contributed by atoms with Crippen molar-refractivity contribution in [3.63, 3.8) is 0 Å². The van der Waals surface area contributed by atoms with Gasteiger partial charge < -0.3 is 19.5 Å². The Balaban J connectivity index is 2.20. The summed E-state index contributed by atoms with van der Waals surface area (Å²) >= 11 is 6.28. The van der Waals surface area contributed by atoms with Crippen LogP contribution >= 0.6 is 11.6 Å². The van der Waals surface area contributed by atoms with Gasteiger partial charge in [0.15, 0.2) is 0 Å². The monoisotopic (exact) mass is 271 g/mol. The highest BCUT2D eigenvalue weighted by Crippen LogP contribution is 2.30. The molecular formula is C13H18ClNO3. The Morgan fingerprint density at radius 2 is 2.28 bits per heavy atom. The highest BCUT2D eigenvalue weighted by Gasteiger charge is 2.27. The quantitative estimate of drug-likeness (QED) is 0.910. The van der Waals surface area contributed by atoms with E-state index < -0.39 is 0 Å². The highest BCUT2D eigenvalue weighted by atomic mass is 35.5. The first kappa shape index (κ1) is 13.6. The summed E-state index contributed by atoms with van der Waals surface area (Å²) in [5, 5.41) is 3.91. The molecule has 1 aliphatic heterocycles. The van der Waals surface area contributed by atoms with E-state index in [0.29, 0.717) is 24.8 Å². The predicted molar refractivity (Wildman–Crippen MR) is 70.4 cm³/mol. The van der Waals surface area contributed by atoms with Crippen LogP contribution in [0.5, 0.6) is 5.75 Å². The molecule has 0 radical (unpaired) electrons. The summed E-state index contributed by atoms with van der Waals surface area (Å²) in [6.07, 6.45) is -0.0188. The van der Waals surface area contributed by atoms with E-state index in [0.717, 1.165) is 11.3 Å². The molecule has 1 aromatic rings. The topological polar surface area (TPSA) is 39.7 Å². The van der Waals surface area contributed by atoms with E-state index >= 15 is 0 Å². The van der Waals surface area contributed by atoms with E-state index in [4.69, 9.17) is 25.8 Å². The van der Waals surface area contributed by atoms with Crippen LogP contribution < -0.4 is 10.1 Å². The van der Waals surface area contributed by atoms with Gasteiger partial charge in [-0.05, 0) is 24.7 Å². The molecule has 5 heteroatoms. The molecule has 0 bridgehead atoms. The first-order chi connectivity index (χ1) is 8.76. The molecule has 2 rings (SSSR count). The molecule has 0 spiro atoms. The molecule has 1 aromatic carbocycles. The molecule has 2 unspecified atom stereocenters. The standard InChI is InChI=1S/C13H18ClNO3/c1-15-13(12-8-17-5-6-18-12)10-4-3-9(16-2)7-11(10)14/h3-4,7,12-13,15H,5-6,8H2,1-2H3. The van der Waals surface area contributed by atoms with Crippen LogP contribution in [0.2, 0.25) is 5.02 Å². The number of halogens is 1. The first-order valence-corrected chi connectivity index (χ1v) is 6.34. The summed E-state index contributed by atoms with van der Waals surface area (Å²) in [7, 11) is 3.52. The Bertz CT molecular complexity index is 394. The summed E-state index contributed by atoms with van der Waals surface area (Å²) in [4.78, 5) is 0. The van der Waals surface area contributed by atoms with Gasteiger partial charge in [0.2, 0.25) is 0 Å². The van der Waals surface area contributed by atoms with Crippen molar-refractivity contribution < 1.29 is 14.2 Å². The van der Waals surface area contributed by atoms with Crippen LogP contribution in [0, 0.1) is 0 Å². The van der Waals surface area contributed by atoms with Crippen molar-refractivity contribution in [2.45, 2.75) is 12.1 Å². The molecule has 4 nitrogen and oxygen atoms in total. The number of methoxy groups -OCH3 is 1. The van der Waals surface area contributed by atoms with Crippen LogP contribution in [0.25, 0.3) is 0 Å². The summed E-state index contributed by atoms with van der Waals surface area (Å²) < 4.78 is 16.3. The van der Waals surface area contributed by atoms with Crippen molar-refractivity contribution in [1.82, 2.24) is 5.32 Å². The van der Waals surface area contributed by atoms with E-state index in [1.807, 2.05) is 25.2 Å². The lowest BCUT2D eigenvalue weighted by molar-refractivity contribution is -0.101. The molecule has 18 heavy (non-hydrogen) atoms. The Morgan fingerprint density at radius 3 is 2.83 bits per heavy atom. The molecule has 1 fully saturated rings. The van der Waals surface area contributed by atoms with Gasteiger partial charge in [-0.15, -0.1) is 0 Å². The van der Waals surface area contributed by atoms with E-state index in [1.165, 1.54) is 0 Å². The van der Waals surface area contributed by atoms with Crippen LogP contribution in [0.3, 0.4) is 0 Å². The third-order valence-corrected chi connectivity index (χ3v) is 3.39. The minimum absolute atomic E-state index is 0.0173. The number of likely N-dealkylation sites (N-methyl/N-ethyl adjacent to an activating group) is 1. The fourth-order valence-corrected chi connectivity index (χ4v) is 2.42. The van der Waals surface area contributed by atoms with Crippen molar-refractivity contribution in [2.75, 3.05) is 34.0 Å². The van der Waals surface area contributed by atoms with Gasteiger partial charge in [-0.25, -0.2) is 0 Å². The third-order valence-electron chi connectivity index (χ3n) is 3.07. The molecule has 1 heterocycles. The average Bonchev–Trinajstić information content (AvgIpc) is 2.42. The van der Waals surface area contributed by atoms with Crippen LogP contribution in [0.1, 0.15) is 11.6 Å². The lowest BCUT2D eigenvalue weighted by Crippen LogP contribution is -2.39. The summed E-state index contributed by atoms with van der Waals surface area (Å²) in [5.74, 6) is 0.749. The number of hydrogen-bond acceptors (Lipinski definition) is 4. The van der Waals surface area contributed by atoms with Gasteiger partial charge in [0, 0.05) is 5.02 Å². The van der Waals surface area contributed by atoms with Gasteiger partial charge in [0.1, 0.15) is 11.9 Å². The second-order valence-corrected chi connectivity index (χ2v) is 4.55. The number of hydrogen-bond donors (Lipinski definition) is 1. The number of ether oxygens (including phenoxy) is 3. The largest absolute Gasteiger partial charge is 0.497 e. The van der Waals surface area contributed by atoms with Crippen LogP contribution in [-0.4, -0.2) is 40.1 Å². The minimum atomic E-state index is -0.0188. The van der Waals surface area contributed by atoms with Gasteiger partial charge in [-0.3, -0.25) is 0 Å². The second-order valence-electron chi connectivity index (χ2n) is 4.14. The van der Waals surface area contributed by atoms with E-state index in [9.17, 15) is 0 Å². The normalized spacial score (nSPS) is 21.6. The molecule has 0 saturated carbocycles. The first-order valence-electron chi connectivity index (χ1n) is 5.96. The second kappa shape index (κ2) is 6.38. The zero-order chi connectivity index (χ0) is 13.0. The van der Waals surface area contributed by atoms with Crippen molar-refractivity contribution >= 4 is 11.6 Å². The van der Waals surface area contributed by atoms with Crippen molar-refractivity contribution in [1.29, 1.82) is 0 Å². The molecule has 1 saturated heterocycles. The Morgan fingerprint density at radius 1 is 1.44 bits per heavy atom. The van der Waals surface area contributed by atoms with E-state index in [-0.39, 0.29) is 12.1 Å². The molecule has 1 N–H and O–H groups in total. The van der Waals surface area contributed by atoms with Crippen molar-refractivity contribution in [3.05, 3.63) is 28.8 Å². The molecule has 0 amide bonds. The lowest BCUT2D eigenvalue weighted by Gasteiger charge is -2.31. The van der Waals surface area contributed by atoms with Crippen LogP contribution in [-0.2, 0) is 9.47 Å². The fraction of sp³-hybridized carbons (Fsp3) is 0.538. The van der Waals surface area contributed by atoms with E-state index in [2.05, 4.69) is 5.32 Å². The van der Waals surface area contributed by atoms with Crippen LogP contribution in [0.15, 0.2) is 18.2 Å². The zero-order valence-corrected chi connectivity index (χ0v) is 11.4. The van der Waals surface area contributed by atoms with E-state index in [1.54, 1.807) is 7.11 Å². The summed E-state index contributed by atoms with van der Waals surface area (Å²) in [5.41, 5.74) is 0.996. The molecular weight excluding hydrogens is 254 g/mol. The van der Waals surface area contributed by atoms with Gasteiger partial charge in [0.05, 0.1) is 33.0 Å². The molecule has 0 aromatic heterocycles. The maximum Gasteiger partial charge on any atom is 0.120 e. The zero-order valence-electron chi connectivity index (χ0n) is 10.6. The van der Waals surface area contributed by atoms with Gasteiger partial charge in [-0.2, -0.15) is 0 Å². The maximum atomic E-state index is 6.28. The SMILES string of the molecule is CNC(c1ccc(OC)cc1Cl)C1COCCO1. The van der Waals surface area contributed by atoms with Crippen molar-refractivity contribution in [2.24, 2.45) is 0 Å². The summed E-state index contributed by atoms with van der Waals surface area (Å²) in [6, 6.07) is 5.68. The molecule has 2 atom stereocenters. The fourth-order valence-electron chi connectivity index (χ4n) is 2.13. The maximum absolute atomic E-state index is 6.28. The Labute approximate surface area is 112 Å². The molecule has 0 aliphatic carbocycles.